The molecule has 0 unspecified atom stereocenters. The van der Waals surface area contributed by atoms with Gasteiger partial charge in [0.05, 0.1) is 5.39 Å². The minimum absolute atomic E-state index is 0.0799. The average molecular weight is 365 g/mol. The van der Waals surface area contributed by atoms with E-state index in [9.17, 15) is 14.4 Å². The number of hydrogen-bond acceptors (Lipinski definition) is 5. The normalized spacial score (nSPS) is 10.6. The number of aromatic nitrogens is 3. The molecule has 2 N–H and O–H groups in total. The first-order chi connectivity index (χ1) is 13.1. The Bertz CT molecular complexity index is 1030. The quantitative estimate of drug-likeness (QED) is 0.669. The van der Waals surface area contributed by atoms with Crippen molar-refractivity contribution < 1.29 is 9.59 Å². The lowest BCUT2D eigenvalue weighted by Gasteiger charge is -2.11. The molecule has 8 heteroatoms. The van der Waals surface area contributed by atoms with Crippen LogP contribution in [-0.4, -0.2) is 26.6 Å². The molecule has 3 rings (SSSR count). The van der Waals surface area contributed by atoms with E-state index in [0.29, 0.717) is 22.9 Å². The number of unbranched alkanes of at least 4 members (excludes halogenated alkanes) is 1. The first-order valence-electron chi connectivity index (χ1n) is 8.62. The number of nitrogens with zero attached hydrogens (tertiary/aromatic N) is 3. The summed E-state index contributed by atoms with van der Waals surface area (Å²) in [5.41, 5.74) is 4.90. The molecule has 0 saturated carbocycles. The van der Waals surface area contributed by atoms with Crippen molar-refractivity contribution in [2.45, 2.75) is 26.3 Å². The highest BCUT2D eigenvalue weighted by atomic mass is 16.2. The number of pyridine rings is 1. The Kier molecular flexibility index (Phi) is 5.55. The van der Waals surface area contributed by atoms with Crippen LogP contribution in [0.15, 0.2) is 53.6 Å². The molecular formula is C19H19N5O3. The monoisotopic (exact) mass is 365 g/mol. The molecule has 0 radical (unpaired) electrons. The van der Waals surface area contributed by atoms with Crippen molar-refractivity contribution in [1.82, 2.24) is 25.6 Å². The summed E-state index contributed by atoms with van der Waals surface area (Å²) in [5.74, 6) is -1.08. The molecule has 2 amide bonds. The van der Waals surface area contributed by atoms with Crippen molar-refractivity contribution in [1.29, 1.82) is 0 Å². The summed E-state index contributed by atoms with van der Waals surface area (Å²) in [6.07, 6.45) is 4.63. The third-order valence-corrected chi connectivity index (χ3v) is 4.04. The van der Waals surface area contributed by atoms with Gasteiger partial charge in [-0.2, -0.15) is 5.10 Å². The number of amides is 2. The molecule has 0 saturated heterocycles. The zero-order chi connectivity index (χ0) is 19.2. The molecule has 138 valence electrons. The van der Waals surface area contributed by atoms with Crippen LogP contribution in [0.25, 0.3) is 10.8 Å². The summed E-state index contributed by atoms with van der Waals surface area (Å²) in [6, 6.07) is 9.84. The lowest BCUT2D eigenvalue weighted by molar-refractivity contribution is 0.0843. The fraction of sp³-hybridized carbons (Fsp3) is 0.211. The maximum absolute atomic E-state index is 12.6. The van der Waals surface area contributed by atoms with Crippen LogP contribution < -0.4 is 16.4 Å². The smallest absolute Gasteiger partial charge is 0.267 e. The van der Waals surface area contributed by atoms with Gasteiger partial charge >= 0.3 is 0 Å². The summed E-state index contributed by atoms with van der Waals surface area (Å²) in [4.78, 5) is 41.1. The largest absolute Gasteiger partial charge is 0.290 e. The molecule has 1 aromatic carbocycles. The third kappa shape index (κ3) is 4.00. The first-order valence-corrected chi connectivity index (χ1v) is 8.62. The molecule has 0 aliphatic carbocycles. The molecule has 8 nitrogen and oxygen atoms in total. The Morgan fingerprint density at radius 2 is 1.67 bits per heavy atom. The number of carbonyl (C=O) groups excluding carboxylic acids is 2. The second kappa shape index (κ2) is 8.22. The van der Waals surface area contributed by atoms with Crippen molar-refractivity contribution in [3.63, 3.8) is 0 Å². The number of nitrogens with one attached hydrogen (secondary N) is 2. The summed E-state index contributed by atoms with van der Waals surface area (Å²) in [6.45, 7) is 2.43. The molecule has 3 aromatic rings. The van der Waals surface area contributed by atoms with Gasteiger partial charge in [-0.3, -0.25) is 30.2 Å². The van der Waals surface area contributed by atoms with E-state index in [1.54, 1.807) is 24.3 Å². The maximum Gasteiger partial charge on any atom is 0.290 e. The van der Waals surface area contributed by atoms with Gasteiger partial charge in [-0.15, -0.1) is 0 Å². The minimum atomic E-state index is -0.598. The summed E-state index contributed by atoms with van der Waals surface area (Å²) >= 11 is 0. The molecule has 0 atom stereocenters. The molecular weight excluding hydrogens is 346 g/mol. The third-order valence-electron chi connectivity index (χ3n) is 4.04. The number of carbonyl (C=O) groups is 2. The van der Waals surface area contributed by atoms with Crippen LogP contribution in [0.3, 0.4) is 0 Å². The molecule has 0 aliphatic rings. The van der Waals surface area contributed by atoms with Crippen LogP contribution in [0.5, 0.6) is 0 Å². The van der Waals surface area contributed by atoms with Gasteiger partial charge in [-0.1, -0.05) is 31.5 Å². The van der Waals surface area contributed by atoms with E-state index < -0.39 is 11.8 Å². The van der Waals surface area contributed by atoms with Crippen molar-refractivity contribution in [3.8, 4) is 0 Å². The van der Waals surface area contributed by atoms with Crippen LogP contribution >= 0.6 is 0 Å². The van der Waals surface area contributed by atoms with Crippen molar-refractivity contribution in [3.05, 3.63) is 70.4 Å². The minimum Gasteiger partial charge on any atom is -0.267 e. The van der Waals surface area contributed by atoms with Crippen molar-refractivity contribution in [2.24, 2.45) is 0 Å². The van der Waals surface area contributed by atoms with Gasteiger partial charge < -0.3 is 0 Å². The average Bonchev–Trinajstić information content (AvgIpc) is 2.72. The van der Waals surface area contributed by atoms with E-state index in [4.69, 9.17) is 0 Å². The number of aryl methyl sites for hydroxylation is 1. The predicted molar refractivity (Wildman–Crippen MR) is 100 cm³/mol. The Hall–Kier alpha value is -3.55. The Morgan fingerprint density at radius 3 is 2.37 bits per heavy atom. The number of hydrogen-bond donors (Lipinski definition) is 2. The maximum atomic E-state index is 12.6. The molecule has 2 heterocycles. The second-order valence-electron chi connectivity index (χ2n) is 5.92. The van der Waals surface area contributed by atoms with Gasteiger partial charge in [0, 0.05) is 29.9 Å². The van der Waals surface area contributed by atoms with Crippen molar-refractivity contribution in [2.75, 3.05) is 0 Å². The van der Waals surface area contributed by atoms with Crippen LogP contribution in [-0.2, 0) is 6.54 Å². The molecule has 27 heavy (non-hydrogen) atoms. The summed E-state index contributed by atoms with van der Waals surface area (Å²) in [7, 11) is 0. The highest BCUT2D eigenvalue weighted by Gasteiger charge is 2.17. The van der Waals surface area contributed by atoms with E-state index >= 15 is 0 Å². The number of fused-ring (bicyclic) bond motifs is 1. The van der Waals surface area contributed by atoms with E-state index in [2.05, 4.69) is 20.9 Å². The zero-order valence-electron chi connectivity index (χ0n) is 14.8. The highest BCUT2D eigenvalue weighted by molar-refractivity contribution is 6.06. The second-order valence-corrected chi connectivity index (χ2v) is 5.92. The number of benzene rings is 1. The topological polar surface area (TPSA) is 106 Å². The first kappa shape index (κ1) is 18.2. The fourth-order valence-corrected chi connectivity index (χ4v) is 2.61. The van der Waals surface area contributed by atoms with Gasteiger partial charge in [0.15, 0.2) is 5.69 Å². The van der Waals surface area contributed by atoms with Crippen LogP contribution in [0.1, 0.15) is 40.6 Å². The molecule has 0 spiro atoms. The predicted octanol–water partition coefficient (Wildman–Crippen LogP) is 1.67. The lowest BCUT2D eigenvalue weighted by Crippen LogP contribution is -2.42. The molecule has 2 aromatic heterocycles. The van der Waals surface area contributed by atoms with E-state index in [-0.39, 0.29) is 11.3 Å². The van der Waals surface area contributed by atoms with Gasteiger partial charge in [0.25, 0.3) is 17.4 Å². The lowest BCUT2D eigenvalue weighted by atomic mass is 10.1. The summed E-state index contributed by atoms with van der Waals surface area (Å²) < 4.78 is 1.30. The van der Waals surface area contributed by atoms with Gasteiger partial charge in [-0.05, 0) is 24.6 Å². The van der Waals surface area contributed by atoms with Gasteiger partial charge in [0.1, 0.15) is 0 Å². The fourth-order valence-electron chi connectivity index (χ4n) is 2.61. The molecule has 0 fully saturated rings. The Labute approximate surface area is 155 Å². The van der Waals surface area contributed by atoms with E-state index in [0.717, 1.165) is 12.8 Å². The van der Waals surface area contributed by atoms with Crippen LogP contribution in [0.2, 0.25) is 0 Å². The summed E-state index contributed by atoms with van der Waals surface area (Å²) in [5, 5.41) is 5.07. The zero-order valence-corrected chi connectivity index (χ0v) is 14.8. The van der Waals surface area contributed by atoms with E-state index in [1.165, 1.54) is 29.2 Å². The van der Waals surface area contributed by atoms with Gasteiger partial charge in [-0.25, -0.2) is 4.68 Å². The number of rotatable bonds is 5. The van der Waals surface area contributed by atoms with Crippen LogP contribution in [0.4, 0.5) is 0 Å². The SMILES string of the molecule is CCCCn1nc(C(=O)NNC(=O)c2ccncc2)c2ccccc2c1=O. The Balaban J connectivity index is 1.88. The van der Waals surface area contributed by atoms with E-state index in [1.807, 2.05) is 6.92 Å². The number of hydrazine groups is 1. The van der Waals surface area contributed by atoms with Crippen LogP contribution in [0, 0.1) is 0 Å². The van der Waals surface area contributed by atoms with Crippen molar-refractivity contribution >= 4 is 22.6 Å². The van der Waals surface area contributed by atoms with Gasteiger partial charge in [0.2, 0.25) is 0 Å². The molecule has 0 bridgehead atoms. The molecule has 0 aliphatic heterocycles. The standard InChI is InChI=1S/C19H19N5O3/c1-2-3-12-24-19(27)15-7-5-4-6-14(15)16(23-24)18(26)22-21-17(25)13-8-10-20-11-9-13/h4-11H,2-3,12H2,1H3,(H,21,25)(H,22,26). The Morgan fingerprint density at radius 1 is 1.00 bits per heavy atom. The highest BCUT2D eigenvalue weighted by Crippen LogP contribution is 2.13.